The molecule has 0 fully saturated rings. The van der Waals surface area contributed by atoms with E-state index in [0.717, 1.165) is 83.7 Å². The van der Waals surface area contributed by atoms with Crippen molar-refractivity contribution in [3.8, 4) is 67.7 Å². The summed E-state index contributed by atoms with van der Waals surface area (Å²) in [5, 5.41) is 13.2. The summed E-state index contributed by atoms with van der Waals surface area (Å²) in [5.41, 5.74) is 14.8. The normalized spacial score (nSPS) is 11.9. The zero-order chi connectivity index (χ0) is 41.2. The van der Waals surface area contributed by atoms with Crippen LogP contribution in [-0.4, -0.2) is 19.6 Å². The van der Waals surface area contributed by atoms with Crippen molar-refractivity contribution < 1.29 is 30.6 Å². The van der Waals surface area contributed by atoms with Crippen LogP contribution in [0.1, 0.15) is 63.8 Å². The summed E-state index contributed by atoms with van der Waals surface area (Å²) in [5.74, 6) is 1.76. The number of furan rings is 1. The molecule has 0 aliphatic carbocycles. The number of hydrogen-bond donors (Lipinski definition) is 1. The van der Waals surface area contributed by atoms with E-state index in [0.29, 0.717) is 11.4 Å². The van der Waals surface area contributed by atoms with E-state index >= 15 is 0 Å². The number of phenolic OH excluding ortho intramolecular Hbond substituents is 1. The first-order valence-electron chi connectivity index (χ1n) is 20.3. The number of nitrogens with zero attached hydrogens (tertiary/aromatic N) is 3. The third-order valence-corrected chi connectivity index (χ3v) is 11.4. The number of rotatable bonds is 6. The molecule has 0 saturated carbocycles. The monoisotopic (exact) mass is 965 g/mol. The third kappa shape index (κ3) is 7.30. The topological polar surface area (TPSA) is 64.1 Å². The Morgan fingerprint density at radius 3 is 2.05 bits per heavy atom. The summed E-state index contributed by atoms with van der Waals surface area (Å²) in [6.07, 6.45) is 1.88. The Bertz CT molecular complexity index is 3030. The van der Waals surface area contributed by atoms with Gasteiger partial charge in [-0.05, 0) is 77.3 Å². The minimum Gasteiger partial charge on any atom is -0.507 e. The maximum absolute atomic E-state index is 12.3. The number of imidazole rings is 1. The average molecular weight is 966 g/mol. The standard InChI is InChI=1S/C54H48N3O2.Pt/c1-33-17-14-18-34(2)49(33)48-28-38-32-55-44(31-47(38)59-48)37-22-15-21-36(27-37)41-24-16-26-46-50(41)56-52(42-29-39(53(3,4)5)30-43(51(42)58)54(6,7)8)57(46)45-25-13-12-23-40(45)35-19-10-9-11-20-35;/h9-26,28-32,58H,1-8H3;/q-1;. The van der Waals surface area contributed by atoms with Crippen molar-refractivity contribution in [3.63, 3.8) is 0 Å². The van der Waals surface area contributed by atoms with Crippen molar-refractivity contribution in [3.05, 3.63) is 168 Å². The van der Waals surface area contributed by atoms with Crippen molar-refractivity contribution in [2.75, 3.05) is 0 Å². The number of phenols is 1. The Labute approximate surface area is 367 Å². The summed E-state index contributed by atoms with van der Waals surface area (Å²) < 4.78 is 8.69. The number of para-hydroxylation sites is 2. The van der Waals surface area contributed by atoms with Crippen LogP contribution in [0.5, 0.6) is 5.75 Å². The van der Waals surface area contributed by atoms with Crippen LogP contribution in [0.2, 0.25) is 0 Å². The fourth-order valence-corrected chi connectivity index (χ4v) is 8.26. The molecule has 0 bridgehead atoms. The quantitative estimate of drug-likeness (QED) is 0.169. The van der Waals surface area contributed by atoms with Crippen molar-refractivity contribution in [1.82, 2.24) is 14.5 Å². The molecule has 0 radical (unpaired) electrons. The fraction of sp³-hybridized carbons (Fsp3) is 0.185. The molecule has 3 aromatic heterocycles. The number of aromatic hydroxyl groups is 1. The Balaban J connectivity index is 0.00000499. The molecular weight excluding hydrogens is 918 g/mol. The van der Waals surface area contributed by atoms with Gasteiger partial charge in [-0.15, -0.1) is 29.8 Å². The van der Waals surface area contributed by atoms with Gasteiger partial charge in [-0.2, -0.15) is 0 Å². The maximum atomic E-state index is 12.3. The van der Waals surface area contributed by atoms with Gasteiger partial charge in [0.25, 0.3) is 0 Å². The van der Waals surface area contributed by atoms with Crippen molar-refractivity contribution in [1.29, 1.82) is 0 Å². The number of benzene rings is 6. The molecule has 0 aliphatic rings. The number of pyridine rings is 1. The van der Waals surface area contributed by atoms with Gasteiger partial charge in [0, 0.05) is 55.0 Å². The minimum atomic E-state index is -0.312. The first-order chi connectivity index (χ1) is 28.3. The molecule has 9 aromatic rings. The molecule has 0 saturated heterocycles. The van der Waals surface area contributed by atoms with Crippen LogP contribution in [0.3, 0.4) is 0 Å². The predicted octanol–water partition coefficient (Wildman–Crippen LogP) is 14.2. The Morgan fingerprint density at radius 2 is 1.32 bits per heavy atom. The van der Waals surface area contributed by atoms with E-state index in [1.807, 2.05) is 30.5 Å². The first-order valence-corrected chi connectivity index (χ1v) is 20.3. The molecule has 0 atom stereocenters. The molecule has 5 nitrogen and oxygen atoms in total. The number of aryl methyl sites for hydroxylation is 2. The molecule has 0 unspecified atom stereocenters. The number of aromatic nitrogens is 3. The van der Waals surface area contributed by atoms with Crippen LogP contribution in [0.25, 0.3) is 83.9 Å². The van der Waals surface area contributed by atoms with Crippen LogP contribution in [0.15, 0.2) is 144 Å². The van der Waals surface area contributed by atoms with Gasteiger partial charge in [0.1, 0.15) is 22.9 Å². The third-order valence-electron chi connectivity index (χ3n) is 11.4. The second kappa shape index (κ2) is 15.5. The second-order valence-corrected chi connectivity index (χ2v) is 17.7. The molecule has 302 valence electrons. The molecular formula is C54H48N3O2Pt-. The van der Waals surface area contributed by atoms with Crippen LogP contribution >= 0.6 is 0 Å². The minimum absolute atomic E-state index is 0. The fourth-order valence-electron chi connectivity index (χ4n) is 8.26. The van der Waals surface area contributed by atoms with Gasteiger partial charge >= 0.3 is 0 Å². The van der Waals surface area contributed by atoms with Gasteiger partial charge in [-0.3, -0.25) is 9.55 Å². The summed E-state index contributed by atoms with van der Waals surface area (Å²) in [6.45, 7) is 17.3. The van der Waals surface area contributed by atoms with Gasteiger partial charge in [-0.1, -0.05) is 138 Å². The first kappa shape index (κ1) is 40.7. The molecule has 9 rings (SSSR count). The van der Waals surface area contributed by atoms with Gasteiger partial charge in [0.05, 0.1) is 22.3 Å². The molecule has 0 spiro atoms. The smallest absolute Gasteiger partial charge is 0.148 e. The van der Waals surface area contributed by atoms with Gasteiger partial charge in [0.15, 0.2) is 0 Å². The van der Waals surface area contributed by atoms with E-state index < -0.39 is 0 Å². The van der Waals surface area contributed by atoms with Gasteiger partial charge in [0.2, 0.25) is 0 Å². The molecule has 6 aromatic carbocycles. The van der Waals surface area contributed by atoms with Crippen LogP contribution in [-0.2, 0) is 31.9 Å². The molecule has 0 amide bonds. The van der Waals surface area contributed by atoms with Crippen molar-refractivity contribution in [2.45, 2.75) is 66.2 Å². The van der Waals surface area contributed by atoms with Crippen LogP contribution in [0, 0.1) is 19.9 Å². The Kier molecular flexibility index (Phi) is 10.5. The van der Waals surface area contributed by atoms with E-state index in [1.54, 1.807) is 0 Å². The van der Waals surface area contributed by atoms with Crippen molar-refractivity contribution in [2.24, 2.45) is 0 Å². The Hall–Kier alpha value is -6.03. The van der Waals surface area contributed by atoms with E-state index in [9.17, 15) is 5.11 Å². The Morgan fingerprint density at radius 1 is 0.650 bits per heavy atom. The summed E-state index contributed by atoms with van der Waals surface area (Å²) in [6, 6.07) is 49.7. The van der Waals surface area contributed by atoms with E-state index in [1.165, 1.54) is 11.1 Å². The molecule has 0 aliphatic heterocycles. The SMILES string of the molecule is Cc1cccc(C)c1-c1cc2cnc(-c3[c-]c(-c4cccc5c4nc(-c4cc(C(C)(C)C)cc(C(C)(C)C)c4O)n5-c4ccccc4-c4ccccc4)ccc3)cc2o1.[Pt]. The average Bonchev–Trinajstić information content (AvgIpc) is 3.82. The summed E-state index contributed by atoms with van der Waals surface area (Å²) in [7, 11) is 0. The summed E-state index contributed by atoms with van der Waals surface area (Å²) >= 11 is 0. The van der Waals surface area contributed by atoms with Crippen molar-refractivity contribution >= 4 is 22.0 Å². The molecule has 3 heterocycles. The van der Waals surface area contributed by atoms with Crippen LogP contribution in [0.4, 0.5) is 0 Å². The summed E-state index contributed by atoms with van der Waals surface area (Å²) in [4.78, 5) is 10.4. The number of fused-ring (bicyclic) bond motifs is 2. The molecule has 6 heteroatoms. The van der Waals surface area contributed by atoms with Gasteiger partial charge in [-0.25, -0.2) is 4.98 Å². The van der Waals surface area contributed by atoms with Gasteiger partial charge < -0.3 is 9.52 Å². The van der Waals surface area contributed by atoms with E-state index in [2.05, 4.69) is 175 Å². The predicted molar refractivity (Wildman–Crippen MR) is 243 cm³/mol. The number of hydrogen-bond acceptors (Lipinski definition) is 4. The van der Waals surface area contributed by atoms with Crippen LogP contribution < -0.4 is 0 Å². The zero-order valence-corrected chi connectivity index (χ0v) is 37.6. The van der Waals surface area contributed by atoms with E-state index in [-0.39, 0.29) is 37.6 Å². The molecule has 60 heavy (non-hydrogen) atoms. The maximum Gasteiger partial charge on any atom is 0.148 e. The second-order valence-electron chi connectivity index (χ2n) is 17.7. The molecule has 1 N–H and O–H groups in total. The van der Waals surface area contributed by atoms with E-state index in [4.69, 9.17) is 14.4 Å². The largest absolute Gasteiger partial charge is 0.507 e. The zero-order valence-electron chi connectivity index (χ0n) is 35.3.